The van der Waals surface area contributed by atoms with Crippen LogP contribution in [0.4, 0.5) is 5.69 Å². The number of pyridine rings is 2. The van der Waals surface area contributed by atoms with E-state index >= 15 is 0 Å². The molecule has 1 saturated heterocycles. The summed E-state index contributed by atoms with van der Waals surface area (Å²) >= 11 is 0. The number of nitrogens with zero attached hydrogens (tertiary/aromatic N) is 5. The molecule has 1 aliphatic heterocycles. The fourth-order valence-corrected chi connectivity index (χ4v) is 4.07. The molecule has 4 aromatic rings. The Morgan fingerprint density at radius 1 is 0.906 bits per heavy atom. The number of benzene rings is 1. The molecule has 0 aliphatic carbocycles. The Bertz CT molecular complexity index is 1300. The van der Waals surface area contributed by atoms with Crippen LogP contribution in [0.15, 0.2) is 72.0 Å². The van der Waals surface area contributed by atoms with Crippen molar-refractivity contribution in [1.29, 1.82) is 0 Å². The van der Waals surface area contributed by atoms with E-state index in [4.69, 9.17) is 0 Å². The van der Waals surface area contributed by atoms with Gasteiger partial charge in [0.25, 0.3) is 0 Å². The Kier molecular flexibility index (Phi) is 5.33. The average molecular weight is 427 g/mol. The first kappa shape index (κ1) is 20.2. The summed E-state index contributed by atoms with van der Waals surface area (Å²) in [6.07, 6.45) is 7.73. The van der Waals surface area contributed by atoms with Gasteiger partial charge in [0.1, 0.15) is 0 Å². The molecule has 4 heterocycles. The summed E-state index contributed by atoms with van der Waals surface area (Å²) in [4.78, 5) is 23.8. The Hall–Kier alpha value is -3.71. The van der Waals surface area contributed by atoms with Crippen molar-refractivity contribution in [3.05, 3.63) is 83.2 Å². The van der Waals surface area contributed by atoms with E-state index in [1.54, 1.807) is 6.07 Å². The van der Waals surface area contributed by atoms with Crippen molar-refractivity contribution in [3.63, 3.8) is 0 Å². The van der Waals surface area contributed by atoms with E-state index in [2.05, 4.69) is 51.0 Å². The Balaban J connectivity index is 1.45. The molecule has 162 valence electrons. The third-order valence-electron chi connectivity index (χ3n) is 6.04. The SMILES string of the molecule is Cc1ccc(-c2cccc(=O)[nH]2)cc1-n1cc(-c2cncc(N3CCN(C)CC3)c2)cn1. The highest BCUT2D eigenvalue weighted by Gasteiger charge is 2.16. The number of aromatic nitrogens is 4. The van der Waals surface area contributed by atoms with E-state index < -0.39 is 0 Å². The Morgan fingerprint density at radius 3 is 2.56 bits per heavy atom. The topological polar surface area (TPSA) is 70.1 Å². The number of rotatable bonds is 4. The fraction of sp³-hybridized carbons (Fsp3) is 0.240. The van der Waals surface area contributed by atoms with Gasteiger partial charge >= 0.3 is 0 Å². The smallest absolute Gasteiger partial charge is 0.248 e. The maximum absolute atomic E-state index is 11.7. The van der Waals surface area contributed by atoms with Crippen LogP contribution in [0, 0.1) is 6.92 Å². The van der Waals surface area contributed by atoms with Gasteiger partial charge in [0, 0.05) is 67.0 Å². The van der Waals surface area contributed by atoms with Gasteiger partial charge in [0.05, 0.1) is 23.8 Å². The molecule has 0 bridgehead atoms. The fourth-order valence-electron chi connectivity index (χ4n) is 4.07. The van der Waals surface area contributed by atoms with Gasteiger partial charge in [-0.15, -0.1) is 0 Å². The van der Waals surface area contributed by atoms with E-state index in [0.29, 0.717) is 0 Å². The van der Waals surface area contributed by atoms with Crippen molar-refractivity contribution in [2.45, 2.75) is 6.92 Å². The number of nitrogens with one attached hydrogen (secondary N) is 1. The van der Waals surface area contributed by atoms with E-state index in [9.17, 15) is 4.79 Å². The van der Waals surface area contributed by atoms with E-state index in [1.807, 2.05) is 47.7 Å². The Labute approximate surface area is 187 Å². The van der Waals surface area contributed by atoms with Gasteiger partial charge in [-0.2, -0.15) is 5.10 Å². The number of aryl methyl sites for hydroxylation is 1. The highest BCUT2D eigenvalue weighted by atomic mass is 16.1. The van der Waals surface area contributed by atoms with Crippen LogP contribution in [0.5, 0.6) is 0 Å². The largest absolute Gasteiger partial charge is 0.368 e. The van der Waals surface area contributed by atoms with Crippen LogP contribution in [0.2, 0.25) is 0 Å². The Morgan fingerprint density at radius 2 is 1.75 bits per heavy atom. The maximum Gasteiger partial charge on any atom is 0.248 e. The first-order chi connectivity index (χ1) is 15.6. The first-order valence-electron chi connectivity index (χ1n) is 10.8. The minimum absolute atomic E-state index is 0.112. The minimum atomic E-state index is -0.112. The molecule has 5 rings (SSSR count). The summed E-state index contributed by atoms with van der Waals surface area (Å²) in [5.41, 5.74) is 6.91. The van der Waals surface area contributed by atoms with Crippen molar-refractivity contribution < 1.29 is 0 Å². The number of hydrogen-bond acceptors (Lipinski definition) is 5. The quantitative estimate of drug-likeness (QED) is 0.542. The van der Waals surface area contributed by atoms with Crippen LogP contribution in [0.1, 0.15) is 5.56 Å². The van der Waals surface area contributed by atoms with Crippen molar-refractivity contribution in [1.82, 2.24) is 24.6 Å². The molecule has 0 atom stereocenters. The lowest BCUT2D eigenvalue weighted by molar-refractivity contribution is 0.313. The standard InChI is InChI=1S/C25H26N6O/c1-18-6-7-19(23-4-3-5-25(32)28-23)13-24(18)31-17-21(15-27-31)20-12-22(16-26-14-20)30-10-8-29(2)9-11-30/h3-7,12-17H,8-11H2,1-2H3,(H,28,32). The van der Waals surface area contributed by atoms with Gasteiger partial charge in [-0.25, -0.2) is 4.68 Å². The molecule has 32 heavy (non-hydrogen) atoms. The summed E-state index contributed by atoms with van der Waals surface area (Å²) < 4.78 is 1.89. The maximum atomic E-state index is 11.7. The van der Waals surface area contributed by atoms with E-state index in [-0.39, 0.29) is 5.56 Å². The average Bonchev–Trinajstić information content (AvgIpc) is 3.30. The number of H-pyrrole nitrogens is 1. The zero-order chi connectivity index (χ0) is 22.1. The van der Waals surface area contributed by atoms with E-state index in [1.165, 1.54) is 6.07 Å². The second kappa shape index (κ2) is 8.43. The summed E-state index contributed by atoms with van der Waals surface area (Å²) in [6.45, 7) is 6.20. The van der Waals surface area contributed by atoms with Gasteiger partial charge < -0.3 is 14.8 Å². The lowest BCUT2D eigenvalue weighted by Gasteiger charge is -2.33. The zero-order valence-corrected chi connectivity index (χ0v) is 18.3. The number of piperazine rings is 1. The molecule has 0 spiro atoms. The molecule has 0 unspecified atom stereocenters. The molecular weight excluding hydrogens is 400 g/mol. The third-order valence-corrected chi connectivity index (χ3v) is 6.04. The van der Waals surface area contributed by atoms with Crippen LogP contribution in [-0.4, -0.2) is 57.9 Å². The van der Waals surface area contributed by atoms with Crippen molar-refractivity contribution in [2.75, 3.05) is 38.1 Å². The second-order valence-corrected chi connectivity index (χ2v) is 8.33. The van der Waals surface area contributed by atoms with Crippen molar-refractivity contribution in [2.24, 2.45) is 0 Å². The molecule has 0 radical (unpaired) electrons. The third kappa shape index (κ3) is 4.07. The molecule has 1 aromatic carbocycles. The van der Waals surface area contributed by atoms with Gasteiger partial charge in [0.15, 0.2) is 0 Å². The molecule has 1 N–H and O–H groups in total. The number of likely N-dealkylation sites (N-methyl/N-ethyl adjacent to an activating group) is 1. The van der Waals surface area contributed by atoms with Gasteiger partial charge in [-0.3, -0.25) is 9.78 Å². The summed E-state index contributed by atoms with van der Waals surface area (Å²) in [7, 11) is 2.16. The van der Waals surface area contributed by atoms with Crippen molar-refractivity contribution >= 4 is 5.69 Å². The van der Waals surface area contributed by atoms with Crippen LogP contribution >= 0.6 is 0 Å². The number of anilines is 1. The second-order valence-electron chi connectivity index (χ2n) is 8.33. The molecule has 0 saturated carbocycles. The van der Waals surface area contributed by atoms with Gasteiger partial charge in [-0.05, 0) is 37.7 Å². The van der Waals surface area contributed by atoms with Crippen LogP contribution in [0.3, 0.4) is 0 Å². The minimum Gasteiger partial charge on any atom is -0.368 e. The predicted molar refractivity (Wildman–Crippen MR) is 127 cm³/mol. The zero-order valence-electron chi connectivity index (χ0n) is 18.3. The summed E-state index contributed by atoms with van der Waals surface area (Å²) in [5.74, 6) is 0. The molecule has 0 amide bonds. The van der Waals surface area contributed by atoms with E-state index in [0.717, 1.165) is 65.5 Å². The lowest BCUT2D eigenvalue weighted by atomic mass is 10.1. The monoisotopic (exact) mass is 426 g/mol. The normalized spacial score (nSPS) is 14.6. The highest BCUT2D eigenvalue weighted by Crippen LogP contribution is 2.27. The number of aromatic amines is 1. The molecule has 3 aromatic heterocycles. The van der Waals surface area contributed by atoms with Crippen LogP contribution < -0.4 is 10.5 Å². The number of hydrogen-bond donors (Lipinski definition) is 1. The lowest BCUT2D eigenvalue weighted by Crippen LogP contribution is -2.44. The molecule has 1 aliphatic rings. The first-order valence-corrected chi connectivity index (χ1v) is 10.8. The molecule has 7 nitrogen and oxygen atoms in total. The molecule has 1 fully saturated rings. The van der Waals surface area contributed by atoms with Gasteiger partial charge in [-0.1, -0.05) is 18.2 Å². The molecular formula is C25H26N6O. The predicted octanol–water partition coefficient (Wildman–Crippen LogP) is 3.35. The van der Waals surface area contributed by atoms with Crippen LogP contribution in [0.25, 0.3) is 28.1 Å². The highest BCUT2D eigenvalue weighted by molar-refractivity contribution is 5.68. The molecule has 7 heteroatoms. The van der Waals surface area contributed by atoms with Crippen LogP contribution in [-0.2, 0) is 0 Å². The summed E-state index contributed by atoms with van der Waals surface area (Å²) in [6, 6.07) is 13.5. The van der Waals surface area contributed by atoms with Gasteiger partial charge in [0.2, 0.25) is 5.56 Å². The summed E-state index contributed by atoms with van der Waals surface area (Å²) in [5, 5.41) is 4.62. The van der Waals surface area contributed by atoms with Crippen molar-refractivity contribution in [3.8, 4) is 28.1 Å².